The summed E-state index contributed by atoms with van der Waals surface area (Å²) in [6, 6.07) is 0.562. The molecule has 0 aromatic carbocycles. The second-order valence-corrected chi connectivity index (χ2v) is 6.43. The van der Waals surface area contributed by atoms with E-state index in [1.54, 1.807) is 11.3 Å². The molecule has 0 saturated carbocycles. The normalized spacial score (nSPS) is 18.8. The average molecular weight is 296 g/mol. The minimum Gasteiger partial charge on any atom is -0.333 e. The van der Waals surface area contributed by atoms with Crippen LogP contribution in [0, 0.1) is 6.92 Å². The Balaban J connectivity index is 1.79. The number of carbonyl (C=O) groups is 1. The number of aryl methyl sites for hydroxylation is 1. The van der Waals surface area contributed by atoms with Crippen molar-refractivity contribution in [1.82, 2.24) is 20.1 Å². The van der Waals surface area contributed by atoms with E-state index in [1.807, 2.05) is 18.0 Å². The number of likely N-dealkylation sites (tertiary alicyclic amines) is 1. The number of nitrogens with zero attached hydrogens (tertiary/aromatic N) is 3. The molecule has 1 aliphatic heterocycles. The Morgan fingerprint density at radius 1 is 1.55 bits per heavy atom. The van der Waals surface area contributed by atoms with Crippen LogP contribution in [0.5, 0.6) is 0 Å². The van der Waals surface area contributed by atoms with E-state index in [4.69, 9.17) is 0 Å². The molecular formula is C14H24N4OS. The molecule has 20 heavy (non-hydrogen) atoms. The summed E-state index contributed by atoms with van der Waals surface area (Å²) in [6.45, 7) is 10.7. The van der Waals surface area contributed by atoms with Crippen LogP contribution < -0.4 is 5.32 Å². The molecule has 1 N–H and O–H groups in total. The Morgan fingerprint density at radius 3 is 2.90 bits per heavy atom. The molecule has 1 aromatic rings. The Labute approximate surface area is 125 Å². The molecule has 5 nitrogen and oxygen atoms in total. The van der Waals surface area contributed by atoms with Crippen molar-refractivity contribution in [1.29, 1.82) is 0 Å². The van der Waals surface area contributed by atoms with Crippen LogP contribution in [-0.2, 0) is 6.54 Å². The SMILES string of the molecule is CCN(CC)C1CCN(C(=O)NCc2cnc(C)s2)C1. The van der Waals surface area contributed by atoms with Crippen molar-refractivity contribution < 1.29 is 4.79 Å². The van der Waals surface area contributed by atoms with Crippen molar-refractivity contribution in [2.24, 2.45) is 0 Å². The van der Waals surface area contributed by atoms with Gasteiger partial charge >= 0.3 is 6.03 Å². The lowest BCUT2D eigenvalue weighted by molar-refractivity contribution is 0.192. The highest BCUT2D eigenvalue weighted by atomic mass is 32.1. The molecule has 6 heteroatoms. The second kappa shape index (κ2) is 7.04. The quantitative estimate of drug-likeness (QED) is 0.905. The van der Waals surface area contributed by atoms with E-state index in [9.17, 15) is 4.79 Å². The van der Waals surface area contributed by atoms with Gasteiger partial charge in [-0.25, -0.2) is 9.78 Å². The van der Waals surface area contributed by atoms with Gasteiger partial charge in [-0.1, -0.05) is 13.8 Å². The number of hydrogen-bond donors (Lipinski definition) is 1. The maximum atomic E-state index is 12.2. The van der Waals surface area contributed by atoms with Gasteiger partial charge in [0.05, 0.1) is 11.6 Å². The Bertz CT molecular complexity index is 444. The number of thiazole rings is 1. The van der Waals surface area contributed by atoms with Gasteiger partial charge in [-0.3, -0.25) is 4.90 Å². The number of amides is 2. The topological polar surface area (TPSA) is 48.5 Å². The van der Waals surface area contributed by atoms with Crippen LogP contribution in [0.15, 0.2) is 6.20 Å². The van der Waals surface area contributed by atoms with Gasteiger partial charge in [0.25, 0.3) is 0 Å². The van der Waals surface area contributed by atoms with E-state index in [0.717, 1.165) is 42.5 Å². The number of aromatic nitrogens is 1. The molecule has 0 radical (unpaired) electrons. The van der Waals surface area contributed by atoms with Gasteiger partial charge in [0.15, 0.2) is 0 Å². The van der Waals surface area contributed by atoms with Crippen LogP contribution in [0.25, 0.3) is 0 Å². The lowest BCUT2D eigenvalue weighted by atomic mass is 10.2. The van der Waals surface area contributed by atoms with Gasteiger partial charge in [0.2, 0.25) is 0 Å². The monoisotopic (exact) mass is 296 g/mol. The molecule has 1 fully saturated rings. The molecule has 0 aliphatic carbocycles. The molecule has 2 amide bonds. The second-order valence-electron chi connectivity index (χ2n) is 5.11. The number of urea groups is 1. The summed E-state index contributed by atoms with van der Waals surface area (Å²) in [4.78, 5) is 21.8. The summed E-state index contributed by atoms with van der Waals surface area (Å²) in [7, 11) is 0. The molecule has 1 saturated heterocycles. The molecule has 1 aromatic heterocycles. The van der Waals surface area contributed by atoms with Gasteiger partial charge in [-0.15, -0.1) is 11.3 Å². The zero-order chi connectivity index (χ0) is 14.5. The fraction of sp³-hybridized carbons (Fsp3) is 0.714. The van der Waals surface area contributed by atoms with Crippen molar-refractivity contribution in [2.75, 3.05) is 26.2 Å². The third kappa shape index (κ3) is 3.70. The number of hydrogen-bond acceptors (Lipinski definition) is 4. The summed E-state index contributed by atoms with van der Waals surface area (Å²) < 4.78 is 0. The molecule has 0 spiro atoms. The zero-order valence-corrected chi connectivity index (χ0v) is 13.4. The summed E-state index contributed by atoms with van der Waals surface area (Å²) >= 11 is 1.63. The molecule has 1 unspecified atom stereocenters. The van der Waals surface area contributed by atoms with E-state index >= 15 is 0 Å². The first-order valence-electron chi connectivity index (χ1n) is 7.32. The molecular weight excluding hydrogens is 272 g/mol. The van der Waals surface area contributed by atoms with E-state index < -0.39 is 0 Å². The van der Waals surface area contributed by atoms with Crippen LogP contribution >= 0.6 is 11.3 Å². The highest BCUT2D eigenvalue weighted by Crippen LogP contribution is 2.16. The fourth-order valence-electron chi connectivity index (χ4n) is 2.73. The standard InChI is InChI=1S/C14H24N4OS/c1-4-17(5-2)12-6-7-18(10-12)14(19)16-9-13-8-15-11(3)20-13/h8,12H,4-7,9-10H2,1-3H3,(H,16,19). The molecule has 1 atom stereocenters. The van der Waals surface area contributed by atoms with Gasteiger partial charge in [0, 0.05) is 30.2 Å². The maximum Gasteiger partial charge on any atom is 0.317 e. The van der Waals surface area contributed by atoms with E-state index in [0.29, 0.717) is 12.6 Å². The first-order valence-corrected chi connectivity index (χ1v) is 8.13. The van der Waals surface area contributed by atoms with Crippen molar-refractivity contribution >= 4 is 17.4 Å². The minimum absolute atomic E-state index is 0.0470. The Hall–Kier alpha value is -1.14. The van der Waals surface area contributed by atoms with Crippen LogP contribution in [0.4, 0.5) is 4.79 Å². The molecule has 2 rings (SSSR count). The number of rotatable bonds is 5. The van der Waals surface area contributed by atoms with Crippen molar-refractivity contribution in [3.63, 3.8) is 0 Å². The molecule has 1 aliphatic rings. The maximum absolute atomic E-state index is 12.2. The van der Waals surface area contributed by atoms with Crippen LogP contribution in [-0.4, -0.2) is 53.0 Å². The van der Waals surface area contributed by atoms with Gasteiger partial charge < -0.3 is 10.2 Å². The predicted octanol–water partition coefficient (Wildman–Crippen LogP) is 2.08. The first kappa shape index (κ1) is 15.3. The molecule has 0 bridgehead atoms. The van der Waals surface area contributed by atoms with Gasteiger partial charge in [-0.05, 0) is 26.4 Å². The van der Waals surface area contributed by atoms with Crippen molar-refractivity contribution in [3.8, 4) is 0 Å². The van der Waals surface area contributed by atoms with Gasteiger partial charge in [0.1, 0.15) is 0 Å². The van der Waals surface area contributed by atoms with Crippen LogP contribution in [0.3, 0.4) is 0 Å². The van der Waals surface area contributed by atoms with Crippen LogP contribution in [0.1, 0.15) is 30.2 Å². The zero-order valence-electron chi connectivity index (χ0n) is 12.6. The lowest BCUT2D eigenvalue weighted by Gasteiger charge is -2.26. The Kier molecular flexibility index (Phi) is 5.37. The fourth-order valence-corrected chi connectivity index (χ4v) is 3.46. The number of nitrogens with one attached hydrogen (secondary N) is 1. The van der Waals surface area contributed by atoms with Gasteiger partial charge in [-0.2, -0.15) is 0 Å². The number of carbonyl (C=O) groups excluding carboxylic acids is 1. The number of likely N-dealkylation sites (N-methyl/N-ethyl adjacent to an activating group) is 1. The molecule has 2 heterocycles. The van der Waals surface area contributed by atoms with Crippen molar-refractivity contribution in [2.45, 2.75) is 39.8 Å². The lowest BCUT2D eigenvalue weighted by Crippen LogP contribution is -2.42. The third-order valence-corrected chi connectivity index (χ3v) is 4.78. The first-order chi connectivity index (χ1) is 9.63. The smallest absolute Gasteiger partial charge is 0.317 e. The summed E-state index contributed by atoms with van der Waals surface area (Å²) in [5.41, 5.74) is 0. The summed E-state index contributed by atoms with van der Waals surface area (Å²) in [5.74, 6) is 0. The van der Waals surface area contributed by atoms with E-state index in [2.05, 4.69) is 29.0 Å². The summed E-state index contributed by atoms with van der Waals surface area (Å²) in [5, 5.41) is 4.03. The largest absolute Gasteiger partial charge is 0.333 e. The predicted molar refractivity (Wildman–Crippen MR) is 82.0 cm³/mol. The third-order valence-electron chi connectivity index (χ3n) is 3.86. The van der Waals surface area contributed by atoms with E-state index in [1.165, 1.54) is 0 Å². The van der Waals surface area contributed by atoms with Crippen molar-refractivity contribution in [3.05, 3.63) is 16.1 Å². The van der Waals surface area contributed by atoms with Crippen LogP contribution in [0.2, 0.25) is 0 Å². The Morgan fingerprint density at radius 2 is 2.30 bits per heavy atom. The molecule has 112 valence electrons. The average Bonchev–Trinajstić information content (AvgIpc) is 3.07. The minimum atomic E-state index is 0.0470. The van der Waals surface area contributed by atoms with E-state index in [-0.39, 0.29) is 6.03 Å². The highest BCUT2D eigenvalue weighted by Gasteiger charge is 2.28. The highest BCUT2D eigenvalue weighted by molar-refractivity contribution is 7.11. The summed E-state index contributed by atoms with van der Waals surface area (Å²) in [6.07, 6.45) is 2.91.